The number of carbonyl (C=O) groups excluding carboxylic acids is 1. The molecule has 2 heterocycles. The van der Waals surface area contributed by atoms with Crippen LogP contribution in [0.3, 0.4) is 0 Å². The number of hydrogen-bond acceptors (Lipinski definition) is 5. The van der Waals surface area contributed by atoms with Crippen LogP contribution in [0, 0.1) is 0 Å². The summed E-state index contributed by atoms with van der Waals surface area (Å²) < 4.78 is 5.22. The molecule has 7 heteroatoms. The zero-order valence-electron chi connectivity index (χ0n) is 15.5. The maximum absolute atomic E-state index is 12.3. The molecule has 0 spiro atoms. The maximum atomic E-state index is 12.3. The molecule has 1 fully saturated rings. The average Bonchev–Trinajstić information content (AvgIpc) is 3.05. The van der Waals surface area contributed by atoms with E-state index in [0.717, 1.165) is 42.6 Å². The van der Waals surface area contributed by atoms with E-state index in [1.54, 1.807) is 6.07 Å². The van der Waals surface area contributed by atoms with Gasteiger partial charge >= 0.3 is 0 Å². The van der Waals surface area contributed by atoms with Crippen molar-refractivity contribution in [3.8, 4) is 0 Å². The third-order valence-electron chi connectivity index (χ3n) is 4.47. The van der Waals surface area contributed by atoms with Gasteiger partial charge in [-0.15, -0.1) is 0 Å². The fraction of sp³-hybridized carbons (Fsp3) is 0.474. The summed E-state index contributed by atoms with van der Waals surface area (Å²) >= 11 is 6.27. The van der Waals surface area contributed by atoms with Gasteiger partial charge in [-0.3, -0.25) is 15.0 Å². The van der Waals surface area contributed by atoms with Gasteiger partial charge in [-0.05, 0) is 12.1 Å². The van der Waals surface area contributed by atoms with Crippen molar-refractivity contribution in [1.29, 1.82) is 0 Å². The Balaban J connectivity index is 1.49. The van der Waals surface area contributed by atoms with E-state index in [2.05, 4.69) is 41.0 Å². The predicted octanol–water partition coefficient (Wildman–Crippen LogP) is 3.39. The Bertz CT molecular complexity index is 761. The Kier molecular flexibility index (Phi) is 5.53. The molecular weight excluding hydrogens is 352 g/mol. The number of aromatic nitrogens is 1. The van der Waals surface area contributed by atoms with Crippen molar-refractivity contribution in [2.45, 2.75) is 26.2 Å². The summed E-state index contributed by atoms with van der Waals surface area (Å²) in [4.78, 5) is 16.7. The van der Waals surface area contributed by atoms with Gasteiger partial charge in [0.15, 0.2) is 0 Å². The molecule has 26 heavy (non-hydrogen) atoms. The number of nitrogens with one attached hydrogen (secondary N) is 1. The van der Waals surface area contributed by atoms with Crippen LogP contribution in [-0.4, -0.2) is 48.7 Å². The second-order valence-corrected chi connectivity index (χ2v) is 8.00. The Labute approximate surface area is 159 Å². The molecule has 1 aromatic carbocycles. The van der Waals surface area contributed by atoms with E-state index in [9.17, 15) is 4.79 Å². The van der Waals surface area contributed by atoms with E-state index in [0.29, 0.717) is 12.4 Å². The van der Waals surface area contributed by atoms with Crippen molar-refractivity contribution < 1.29 is 9.32 Å². The van der Waals surface area contributed by atoms with Crippen molar-refractivity contribution in [3.05, 3.63) is 41.0 Å². The molecule has 1 aromatic heterocycles. The quantitative estimate of drug-likeness (QED) is 0.886. The standard InChI is InChI=1S/C19H25ClN4O2/c1-19(2,3)16-12-18(26-22-16)21-17(25)13-23-8-10-24(11-9-23)15-7-5-4-6-14(15)20/h4-7,12H,8-11,13H2,1-3H3,(H,21,25). The normalized spacial score (nSPS) is 15.9. The van der Waals surface area contributed by atoms with Crippen LogP contribution in [0.5, 0.6) is 0 Å². The molecule has 0 saturated carbocycles. The number of halogens is 1. The zero-order valence-corrected chi connectivity index (χ0v) is 16.2. The highest BCUT2D eigenvalue weighted by atomic mass is 35.5. The van der Waals surface area contributed by atoms with E-state index < -0.39 is 0 Å². The Morgan fingerprint density at radius 2 is 1.92 bits per heavy atom. The summed E-state index contributed by atoms with van der Waals surface area (Å²) in [5.74, 6) is 0.308. The molecule has 0 aliphatic carbocycles. The second kappa shape index (κ2) is 7.68. The van der Waals surface area contributed by atoms with Crippen LogP contribution in [0.25, 0.3) is 0 Å². The lowest BCUT2D eigenvalue weighted by Gasteiger charge is -2.36. The summed E-state index contributed by atoms with van der Waals surface area (Å²) in [6, 6.07) is 9.64. The topological polar surface area (TPSA) is 61.6 Å². The highest BCUT2D eigenvalue weighted by molar-refractivity contribution is 6.33. The smallest absolute Gasteiger partial charge is 0.240 e. The lowest BCUT2D eigenvalue weighted by Crippen LogP contribution is -2.48. The summed E-state index contributed by atoms with van der Waals surface area (Å²) in [6.45, 7) is 9.78. The molecule has 6 nitrogen and oxygen atoms in total. The molecule has 1 saturated heterocycles. The zero-order chi connectivity index (χ0) is 18.7. The lowest BCUT2D eigenvalue weighted by molar-refractivity contribution is -0.117. The molecular formula is C19H25ClN4O2. The molecule has 3 rings (SSSR count). The number of para-hydroxylation sites is 1. The van der Waals surface area contributed by atoms with Gasteiger partial charge in [0, 0.05) is 37.7 Å². The molecule has 0 unspecified atom stereocenters. The molecule has 0 radical (unpaired) electrons. The number of piperazine rings is 1. The number of anilines is 2. The van der Waals surface area contributed by atoms with Gasteiger partial charge in [0.05, 0.1) is 22.9 Å². The van der Waals surface area contributed by atoms with Gasteiger partial charge in [0.25, 0.3) is 0 Å². The highest BCUT2D eigenvalue weighted by Gasteiger charge is 2.22. The number of rotatable bonds is 4. The van der Waals surface area contributed by atoms with Crippen molar-refractivity contribution >= 4 is 29.1 Å². The van der Waals surface area contributed by atoms with Gasteiger partial charge in [0.2, 0.25) is 11.8 Å². The molecule has 1 aliphatic rings. The van der Waals surface area contributed by atoms with E-state index >= 15 is 0 Å². The minimum absolute atomic E-state index is 0.0900. The molecule has 2 aromatic rings. The SMILES string of the molecule is CC(C)(C)c1cc(NC(=O)CN2CCN(c3ccccc3Cl)CC2)on1. The summed E-state index contributed by atoms with van der Waals surface area (Å²) in [7, 11) is 0. The Morgan fingerprint density at radius 3 is 2.54 bits per heavy atom. The number of hydrogen-bond donors (Lipinski definition) is 1. The predicted molar refractivity (Wildman–Crippen MR) is 104 cm³/mol. The van der Waals surface area contributed by atoms with Gasteiger partial charge in [0.1, 0.15) is 0 Å². The summed E-state index contributed by atoms with van der Waals surface area (Å²) in [5, 5.41) is 7.57. The molecule has 1 aliphatic heterocycles. The van der Waals surface area contributed by atoms with Crippen LogP contribution in [0.2, 0.25) is 5.02 Å². The number of amides is 1. The van der Waals surface area contributed by atoms with Crippen molar-refractivity contribution in [3.63, 3.8) is 0 Å². The summed E-state index contributed by atoms with van der Waals surface area (Å²) in [6.07, 6.45) is 0. The lowest BCUT2D eigenvalue weighted by atomic mass is 9.92. The second-order valence-electron chi connectivity index (χ2n) is 7.59. The van der Waals surface area contributed by atoms with Gasteiger partial charge in [-0.1, -0.05) is 49.7 Å². The molecule has 140 valence electrons. The highest BCUT2D eigenvalue weighted by Crippen LogP contribution is 2.26. The van der Waals surface area contributed by atoms with Crippen molar-refractivity contribution in [2.24, 2.45) is 0 Å². The Hall–Kier alpha value is -2.05. The van der Waals surface area contributed by atoms with Gasteiger partial charge in [-0.2, -0.15) is 0 Å². The average molecular weight is 377 g/mol. The largest absolute Gasteiger partial charge is 0.368 e. The first-order chi connectivity index (χ1) is 12.3. The third kappa shape index (κ3) is 4.56. The molecule has 0 bridgehead atoms. The number of benzene rings is 1. The minimum Gasteiger partial charge on any atom is -0.368 e. The van der Waals surface area contributed by atoms with Crippen molar-refractivity contribution in [1.82, 2.24) is 10.1 Å². The first-order valence-electron chi connectivity index (χ1n) is 8.82. The molecule has 0 atom stereocenters. The van der Waals surface area contributed by atoms with Gasteiger partial charge in [-0.25, -0.2) is 0 Å². The minimum atomic E-state index is -0.110. The van der Waals surface area contributed by atoms with E-state index in [-0.39, 0.29) is 11.3 Å². The third-order valence-corrected chi connectivity index (χ3v) is 4.79. The maximum Gasteiger partial charge on any atom is 0.240 e. The first kappa shape index (κ1) is 18.7. The van der Waals surface area contributed by atoms with Gasteiger partial charge < -0.3 is 9.42 Å². The molecule has 1 N–H and O–H groups in total. The van der Waals surface area contributed by atoms with Crippen LogP contribution >= 0.6 is 11.6 Å². The van der Waals surface area contributed by atoms with Crippen LogP contribution < -0.4 is 10.2 Å². The first-order valence-corrected chi connectivity index (χ1v) is 9.19. The Morgan fingerprint density at radius 1 is 1.23 bits per heavy atom. The monoisotopic (exact) mass is 376 g/mol. The van der Waals surface area contributed by atoms with E-state index in [1.165, 1.54) is 0 Å². The number of carbonyl (C=O) groups is 1. The van der Waals surface area contributed by atoms with E-state index in [1.807, 2.05) is 24.3 Å². The van der Waals surface area contributed by atoms with Crippen LogP contribution in [0.15, 0.2) is 34.9 Å². The fourth-order valence-electron chi connectivity index (χ4n) is 2.92. The van der Waals surface area contributed by atoms with Crippen molar-refractivity contribution in [2.75, 3.05) is 42.9 Å². The van der Waals surface area contributed by atoms with Crippen LogP contribution in [0.4, 0.5) is 11.6 Å². The van der Waals surface area contributed by atoms with Crippen LogP contribution in [0.1, 0.15) is 26.5 Å². The number of nitrogens with zero attached hydrogens (tertiary/aromatic N) is 3. The summed E-state index contributed by atoms with van der Waals surface area (Å²) in [5.41, 5.74) is 1.76. The fourth-order valence-corrected chi connectivity index (χ4v) is 3.18. The van der Waals surface area contributed by atoms with Crippen LogP contribution in [-0.2, 0) is 10.2 Å². The van der Waals surface area contributed by atoms with E-state index in [4.69, 9.17) is 16.1 Å². The molecule has 1 amide bonds.